The van der Waals surface area contributed by atoms with Crippen LogP contribution in [0.2, 0.25) is 0 Å². The van der Waals surface area contributed by atoms with Crippen molar-refractivity contribution in [2.75, 3.05) is 4.90 Å². The Morgan fingerprint density at radius 1 is 1.19 bits per heavy atom. The van der Waals surface area contributed by atoms with Gasteiger partial charge in [0.15, 0.2) is 11.5 Å². The number of amides is 1. The van der Waals surface area contributed by atoms with Crippen LogP contribution in [-0.2, 0) is 9.59 Å². The van der Waals surface area contributed by atoms with Crippen molar-refractivity contribution in [1.82, 2.24) is 4.98 Å². The van der Waals surface area contributed by atoms with Crippen molar-refractivity contribution >= 4 is 17.4 Å². The summed E-state index contributed by atoms with van der Waals surface area (Å²) in [6.45, 7) is 3.27. The first kappa shape index (κ1) is 17.7. The van der Waals surface area contributed by atoms with Crippen molar-refractivity contribution in [2.24, 2.45) is 5.92 Å². The van der Waals surface area contributed by atoms with E-state index in [-0.39, 0.29) is 11.3 Å². The average molecular weight is 358 g/mol. The maximum atomic E-state index is 14.3. The number of aliphatic hydroxyl groups is 1. The Hall–Kier alpha value is -3.09. The van der Waals surface area contributed by atoms with Crippen LogP contribution in [0, 0.1) is 17.6 Å². The predicted octanol–water partition coefficient (Wildman–Crippen LogP) is 3.48. The van der Waals surface area contributed by atoms with E-state index >= 15 is 0 Å². The van der Waals surface area contributed by atoms with Gasteiger partial charge in [-0.05, 0) is 29.8 Å². The first-order valence-electron chi connectivity index (χ1n) is 7.98. The zero-order valence-electron chi connectivity index (χ0n) is 14.1. The van der Waals surface area contributed by atoms with Crippen LogP contribution < -0.4 is 4.90 Å². The van der Waals surface area contributed by atoms with Gasteiger partial charge in [0, 0.05) is 24.4 Å². The molecule has 0 fully saturated rings. The predicted molar refractivity (Wildman–Crippen MR) is 90.3 cm³/mol. The van der Waals surface area contributed by atoms with Crippen LogP contribution in [0.15, 0.2) is 54.1 Å². The Kier molecular flexibility index (Phi) is 4.54. The molecule has 5 nitrogen and oxygen atoms in total. The second-order valence-corrected chi connectivity index (χ2v) is 6.24. The summed E-state index contributed by atoms with van der Waals surface area (Å²) in [5.74, 6) is -4.32. The lowest BCUT2D eigenvalue weighted by Gasteiger charge is -2.27. The number of hydrogen-bond acceptors (Lipinski definition) is 4. The number of Topliss-reactive ketones (excluding diaryl/α,β-unsaturated/α-hetero) is 1. The Bertz CT molecular complexity index is 910. The quantitative estimate of drug-likeness (QED) is 0.908. The van der Waals surface area contributed by atoms with Gasteiger partial charge in [-0.1, -0.05) is 13.8 Å². The molecule has 2 aromatic rings. The number of carbonyl (C=O) groups excluding carboxylic acids is 2. The minimum absolute atomic E-state index is 0.111. The summed E-state index contributed by atoms with van der Waals surface area (Å²) in [7, 11) is 0. The maximum Gasteiger partial charge on any atom is 0.294 e. The SMILES string of the molecule is CC(C)C(=O)C1=C(O)C(=O)N(c2ccc(F)cc2F)C1c1ccncc1. The van der Waals surface area contributed by atoms with Gasteiger partial charge in [0.05, 0.1) is 17.3 Å². The van der Waals surface area contributed by atoms with Gasteiger partial charge >= 0.3 is 0 Å². The van der Waals surface area contributed by atoms with Gasteiger partial charge in [-0.3, -0.25) is 19.5 Å². The molecule has 2 heterocycles. The molecule has 26 heavy (non-hydrogen) atoms. The monoisotopic (exact) mass is 358 g/mol. The van der Waals surface area contributed by atoms with E-state index in [1.165, 1.54) is 12.4 Å². The zero-order chi connectivity index (χ0) is 19.0. The second-order valence-electron chi connectivity index (χ2n) is 6.24. The van der Waals surface area contributed by atoms with E-state index in [0.29, 0.717) is 11.6 Å². The summed E-state index contributed by atoms with van der Waals surface area (Å²) in [6.07, 6.45) is 2.93. The number of rotatable bonds is 4. The summed E-state index contributed by atoms with van der Waals surface area (Å²) in [5.41, 5.74) is 0.140. The zero-order valence-corrected chi connectivity index (χ0v) is 14.1. The number of nitrogens with zero attached hydrogens (tertiary/aromatic N) is 2. The molecule has 0 saturated carbocycles. The maximum absolute atomic E-state index is 14.3. The van der Waals surface area contributed by atoms with E-state index in [4.69, 9.17) is 0 Å². The molecule has 1 aliphatic heterocycles. The van der Waals surface area contributed by atoms with E-state index in [1.807, 2.05) is 0 Å². The highest BCUT2D eigenvalue weighted by atomic mass is 19.1. The van der Waals surface area contributed by atoms with Crippen LogP contribution in [0.3, 0.4) is 0 Å². The third-order valence-corrected chi connectivity index (χ3v) is 4.19. The fourth-order valence-electron chi connectivity index (χ4n) is 2.95. The topological polar surface area (TPSA) is 70.5 Å². The standard InChI is InChI=1S/C19H16F2N2O3/c1-10(2)17(24)15-16(11-5-7-22-8-6-11)23(19(26)18(15)25)14-4-3-12(20)9-13(14)21/h3-10,16,25H,1-2H3. The Morgan fingerprint density at radius 3 is 2.42 bits per heavy atom. The molecular formula is C19H16F2N2O3. The molecule has 0 bridgehead atoms. The van der Waals surface area contributed by atoms with Crippen molar-refractivity contribution in [3.05, 3.63) is 71.3 Å². The van der Waals surface area contributed by atoms with Gasteiger partial charge in [0.25, 0.3) is 5.91 Å². The molecule has 7 heteroatoms. The Balaban J connectivity index is 2.21. The molecule has 0 spiro atoms. The summed E-state index contributed by atoms with van der Waals surface area (Å²) in [6, 6.07) is 4.87. The number of hydrogen-bond donors (Lipinski definition) is 1. The highest BCUT2D eigenvalue weighted by Gasteiger charge is 2.45. The number of aromatic nitrogens is 1. The molecule has 1 atom stereocenters. The van der Waals surface area contributed by atoms with Gasteiger partial charge < -0.3 is 5.11 Å². The molecule has 1 N–H and O–H groups in total. The highest BCUT2D eigenvalue weighted by Crippen LogP contribution is 2.42. The number of aliphatic hydroxyl groups excluding tert-OH is 1. The van der Waals surface area contributed by atoms with Crippen LogP contribution in [0.1, 0.15) is 25.5 Å². The summed E-state index contributed by atoms with van der Waals surface area (Å²) >= 11 is 0. The van der Waals surface area contributed by atoms with E-state index < -0.39 is 41.0 Å². The van der Waals surface area contributed by atoms with E-state index in [9.17, 15) is 23.5 Å². The lowest BCUT2D eigenvalue weighted by atomic mass is 9.91. The summed E-state index contributed by atoms with van der Waals surface area (Å²) in [5, 5.41) is 10.3. The molecule has 0 radical (unpaired) electrons. The normalized spacial score (nSPS) is 17.3. The van der Waals surface area contributed by atoms with Gasteiger partial charge in [0.2, 0.25) is 0 Å². The number of benzene rings is 1. The molecular weight excluding hydrogens is 342 g/mol. The number of pyridine rings is 1. The molecule has 1 unspecified atom stereocenters. The summed E-state index contributed by atoms with van der Waals surface area (Å²) in [4.78, 5) is 30.2. The summed E-state index contributed by atoms with van der Waals surface area (Å²) < 4.78 is 27.6. The minimum Gasteiger partial charge on any atom is -0.503 e. The van der Waals surface area contributed by atoms with Gasteiger partial charge in [-0.25, -0.2) is 8.78 Å². The lowest BCUT2D eigenvalue weighted by Crippen LogP contribution is -2.32. The number of anilines is 1. The third-order valence-electron chi connectivity index (χ3n) is 4.19. The van der Waals surface area contributed by atoms with Gasteiger partial charge in [-0.2, -0.15) is 0 Å². The van der Waals surface area contributed by atoms with Crippen LogP contribution in [0.25, 0.3) is 0 Å². The molecule has 1 amide bonds. The minimum atomic E-state index is -1.03. The number of carbonyl (C=O) groups is 2. The Morgan fingerprint density at radius 2 is 1.85 bits per heavy atom. The van der Waals surface area contributed by atoms with E-state index in [2.05, 4.69) is 4.98 Å². The molecule has 1 aromatic heterocycles. The first-order chi connectivity index (χ1) is 12.3. The van der Waals surface area contributed by atoms with Crippen molar-refractivity contribution in [3.8, 4) is 0 Å². The molecule has 0 saturated heterocycles. The van der Waals surface area contributed by atoms with Crippen molar-refractivity contribution in [3.63, 3.8) is 0 Å². The van der Waals surface area contributed by atoms with Crippen LogP contribution in [0.5, 0.6) is 0 Å². The van der Waals surface area contributed by atoms with E-state index in [1.54, 1.807) is 26.0 Å². The van der Waals surface area contributed by atoms with Crippen molar-refractivity contribution in [1.29, 1.82) is 0 Å². The van der Waals surface area contributed by atoms with Crippen LogP contribution >= 0.6 is 0 Å². The third kappa shape index (κ3) is 2.85. The second kappa shape index (κ2) is 6.67. The van der Waals surface area contributed by atoms with Gasteiger partial charge in [0.1, 0.15) is 11.6 Å². The van der Waals surface area contributed by atoms with E-state index in [0.717, 1.165) is 17.0 Å². The van der Waals surface area contributed by atoms with Crippen LogP contribution in [0.4, 0.5) is 14.5 Å². The number of ketones is 1. The molecule has 3 rings (SSSR count). The fraction of sp³-hybridized carbons (Fsp3) is 0.211. The highest BCUT2D eigenvalue weighted by molar-refractivity contribution is 6.16. The lowest BCUT2D eigenvalue weighted by molar-refractivity contribution is -0.119. The smallest absolute Gasteiger partial charge is 0.294 e. The number of halogens is 2. The molecule has 1 aliphatic rings. The largest absolute Gasteiger partial charge is 0.503 e. The molecule has 134 valence electrons. The molecule has 0 aliphatic carbocycles. The van der Waals surface area contributed by atoms with Crippen molar-refractivity contribution in [2.45, 2.75) is 19.9 Å². The fourth-order valence-corrected chi connectivity index (χ4v) is 2.95. The average Bonchev–Trinajstić information content (AvgIpc) is 2.87. The van der Waals surface area contributed by atoms with Gasteiger partial charge in [-0.15, -0.1) is 0 Å². The molecule has 1 aromatic carbocycles. The first-order valence-corrected chi connectivity index (χ1v) is 7.98. The van der Waals surface area contributed by atoms with Crippen LogP contribution in [-0.4, -0.2) is 21.8 Å². The van der Waals surface area contributed by atoms with Crippen molar-refractivity contribution < 1.29 is 23.5 Å². The Labute approximate surface area is 148 Å².